The van der Waals surface area contributed by atoms with Crippen molar-refractivity contribution >= 4 is 15.7 Å². The van der Waals surface area contributed by atoms with Crippen LogP contribution in [0.15, 0.2) is 29.2 Å². The van der Waals surface area contributed by atoms with Crippen LogP contribution in [0.5, 0.6) is 0 Å². The molecular weight excluding hydrogens is 284 g/mol. The minimum absolute atomic E-state index is 0.0356. The largest absolute Gasteiger partial charge is 0.384 e. The average Bonchev–Trinajstić information content (AvgIpc) is 2.44. The summed E-state index contributed by atoms with van der Waals surface area (Å²) < 4.78 is 28.3. The Bertz CT molecular complexity index is 571. The summed E-state index contributed by atoms with van der Waals surface area (Å²) in [6.07, 6.45) is 3.20. The topological polar surface area (TPSA) is 58.2 Å². The molecule has 1 saturated carbocycles. The van der Waals surface area contributed by atoms with Gasteiger partial charge in [-0.05, 0) is 37.3 Å². The molecule has 0 radical (unpaired) electrons. The Balaban J connectivity index is 2.22. The van der Waals surface area contributed by atoms with Gasteiger partial charge in [0.05, 0.1) is 5.69 Å². The molecule has 4 nitrogen and oxygen atoms in total. The zero-order valence-corrected chi connectivity index (χ0v) is 13.9. The zero-order chi connectivity index (χ0) is 15.5. The van der Waals surface area contributed by atoms with Gasteiger partial charge >= 0.3 is 0 Å². The number of benzene rings is 1. The first-order valence-electron chi connectivity index (χ1n) is 7.81. The molecular formula is C16H26N2O2S. The second-order valence-electron chi connectivity index (χ2n) is 6.02. The van der Waals surface area contributed by atoms with E-state index < -0.39 is 10.0 Å². The van der Waals surface area contributed by atoms with Gasteiger partial charge in [-0.15, -0.1) is 0 Å². The first-order valence-corrected chi connectivity index (χ1v) is 9.29. The molecule has 1 aromatic carbocycles. The smallest absolute Gasteiger partial charge is 0.242 e. The molecule has 0 aromatic heterocycles. The third-order valence-electron chi connectivity index (χ3n) is 4.56. The van der Waals surface area contributed by atoms with E-state index in [9.17, 15) is 8.42 Å². The molecule has 0 heterocycles. The molecule has 1 aromatic rings. The van der Waals surface area contributed by atoms with E-state index in [0.29, 0.717) is 29.0 Å². The number of hydrogen-bond acceptors (Lipinski definition) is 3. The fourth-order valence-electron chi connectivity index (χ4n) is 3.05. The van der Waals surface area contributed by atoms with E-state index in [0.717, 1.165) is 12.8 Å². The Morgan fingerprint density at radius 1 is 1.19 bits per heavy atom. The molecule has 21 heavy (non-hydrogen) atoms. The molecule has 118 valence electrons. The van der Waals surface area contributed by atoms with Crippen LogP contribution in [0, 0.1) is 11.8 Å². The first kappa shape index (κ1) is 16.3. The van der Waals surface area contributed by atoms with E-state index in [1.165, 1.54) is 6.42 Å². The van der Waals surface area contributed by atoms with Gasteiger partial charge in [0.2, 0.25) is 10.0 Å². The minimum atomic E-state index is -3.48. The molecule has 3 atom stereocenters. The van der Waals surface area contributed by atoms with E-state index in [2.05, 4.69) is 23.9 Å². The summed E-state index contributed by atoms with van der Waals surface area (Å²) in [4.78, 5) is 0.345. The first-order chi connectivity index (χ1) is 9.95. The molecule has 0 amide bonds. The summed E-state index contributed by atoms with van der Waals surface area (Å²) in [5, 5.41) is 3.12. The van der Waals surface area contributed by atoms with E-state index in [1.807, 2.05) is 19.1 Å². The van der Waals surface area contributed by atoms with Gasteiger partial charge in [0.25, 0.3) is 0 Å². The monoisotopic (exact) mass is 310 g/mol. The Morgan fingerprint density at radius 2 is 1.90 bits per heavy atom. The van der Waals surface area contributed by atoms with Crippen molar-refractivity contribution in [3.05, 3.63) is 24.3 Å². The molecule has 3 unspecified atom stereocenters. The van der Waals surface area contributed by atoms with Crippen LogP contribution >= 0.6 is 0 Å². The van der Waals surface area contributed by atoms with Crippen LogP contribution in [0.1, 0.15) is 40.0 Å². The van der Waals surface area contributed by atoms with E-state index in [1.54, 1.807) is 12.1 Å². The van der Waals surface area contributed by atoms with E-state index in [-0.39, 0.29) is 6.04 Å². The van der Waals surface area contributed by atoms with Crippen molar-refractivity contribution in [2.24, 2.45) is 11.8 Å². The van der Waals surface area contributed by atoms with Crippen molar-refractivity contribution in [2.45, 2.75) is 51.0 Å². The fraction of sp³-hybridized carbons (Fsp3) is 0.625. The standard InChI is InChI=1S/C16H26N2O2S/c1-4-17-15-9-5-6-11-16(15)21(19,20)18-14-10-7-8-12(2)13(14)3/h5-6,9,11-14,17-18H,4,7-8,10H2,1-3H3. The maximum Gasteiger partial charge on any atom is 0.242 e. The lowest BCUT2D eigenvalue weighted by Crippen LogP contribution is -2.43. The molecule has 0 aliphatic heterocycles. The van der Waals surface area contributed by atoms with Gasteiger partial charge in [-0.1, -0.05) is 38.8 Å². The summed E-state index contributed by atoms with van der Waals surface area (Å²) in [6.45, 7) is 7.01. The zero-order valence-electron chi connectivity index (χ0n) is 13.1. The van der Waals surface area contributed by atoms with Crippen LogP contribution in [0.2, 0.25) is 0 Å². The van der Waals surface area contributed by atoms with Crippen molar-refractivity contribution in [3.63, 3.8) is 0 Å². The Morgan fingerprint density at radius 3 is 2.62 bits per heavy atom. The van der Waals surface area contributed by atoms with Crippen molar-refractivity contribution in [3.8, 4) is 0 Å². The van der Waals surface area contributed by atoms with Gasteiger partial charge in [0.15, 0.2) is 0 Å². The number of para-hydroxylation sites is 1. The highest BCUT2D eigenvalue weighted by atomic mass is 32.2. The van der Waals surface area contributed by atoms with Gasteiger partial charge in [-0.25, -0.2) is 13.1 Å². The SMILES string of the molecule is CCNc1ccccc1S(=O)(=O)NC1CCCC(C)C1C. The van der Waals surface area contributed by atoms with E-state index >= 15 is 0 Å². The lowest BCUT2D eigenvalue weighted by Gasteiger charge is -2.34. The summed E-state index contributed by atoms with van der Waals surface area (Å²) in [7, 11) is -3.48. The van der Waals surface area contributed by atoms with Gasteiger partial charge in [0.1, 0.15) is 4.90 Å². The van der Waals surface area contributed by atoms with Crippen LogP contribution in [-0.2, 0) is 10.0 Å². The van der Waals surface area contributed by atoms with Gasteiger partial charge in [-0.3, -0.25) is 0 Å². The lowest BCUT2D eigenvalue weighted by molar-refractivity contribution is 0.227. The van der Waals surface area contributed by atoms with Gasteiger partial charge < -0.3 is 5.32 Å². The highest BCUT2D eigenvalue weighted by molar-refractivity contribution is 7.89. The van der Waals surface area contributed by atoms with Crippen molar-refractivity contribution in [1.82, 2.24) is 4.72 Å². The molecule has 0 spiro atoms. The predicted molar refractivity (Wildman–Crippen MR) is 86.9 cm³/mol. The number of hydrogen-bond donors (Lipinski definition) is 2. The fourth-order valence-corrected chi connectivity index (χ4v) is 4.59. The molecule has 1 aliphatic rings. The molecule has 2 rings (SSSR count). The maximum atomic E-state index is 12.7. The second kappa shape index (κ2) is 6.79. The van der Waals surface area contributed by atoms with Crippen LogP contribution in [-0.4, -0.2) is 21.0 Å². The van der Waals surface area contributed by atoms with Crippen molar-refractivity contribution in [1.29, 1.82) is 0 Å². The third kappa shape index (κ3) is 3.77. The summed E-state index contributed by atoms with van der Waals surface area (Å²) in [5.74, 6) is 0.940. The summed E-state index contributed by atoms with van der Waals surface area (Å²) in [6, 6.07) is 7.13. The predicted octanol–water partition coefficient (Wildman–Crippen LogP) is 3.22. The number of nitrogens with one attached hydrogen (secondary N) is 2. The number of rotatable bonds is 5. The van der Waals surface area contributed by atoms with E-state index in [4.69, 9.17) is 0 Å². The molecule has 0 saturated heterocycles. The van der Waals surface area contributed by atoms with Crippen LogP contribution < -0.4 is 10.0 Å². The van der Waals surface area contributed by atoms with Crippen LogP contribution in [0.4, 0.5) is 5.69 Å². The normalized spacial score (nSPS) is 26.5. The van der Waals surface area contributed by atoms with Crippen molar-refractivity contribution < 1.29 is 8.42 Å². The Kier molecular flexibility index (Phi) is 5.27. The average molecular weight is 310 g/mol. The quantitative estimate of drug-likeness (QED) is 0.878. The summed E-state index contributed by atoms with van der Waals surface area (Å²) in [5.41, 5.74) is 0.670. The van der Waals surface area contributed by atoms with Crippen LogP contribution in [0.3, 0.4) is 0 Å². The van der Waals surface area contributed by atoms with Gasteiger partial charge in [-0.2, -0.15) is 0 Å². The summed E-state index contributed by atoms with van der Waals surface area (Å²) >= 11 is 0. The number of sulfonamides is 1. The molecule has 2 N–H and O–H groups in total. The Hall–Kier alpha value is -1.07. The maximum absolute atomic E-state index is 12.7. The van der Waals surface area contributed by atoms with Gasteiger partial charge in [0, 0.05) is 12.6 Å². The molecule has 1 aliphatic carbocycles. The third-order valence-corrected chi connectivity index (χ3v) is 6.11. The highest BCUT2D eigenvalue weighted by Crippen LogP contribution is 2.31. The minimum Gasteiger partial charge on any atom is -0.384 e. The van der Waals surface area contributed by atoms with Crippen LogP contribution in [0.25, 0.3) is 0 Å². The molecule has 1 fully saturated rings. The second-order valence-corrected chi connectivity index (χ2v) is 7.70. The number of anilines is 1. The Labute approximate surface area is 128 Å². The lowest BCUT2D eigenvalue weighted by atomic mass is 9.78. The highest BCUT2D eigenvalue weighted by Gasteiger charge is 2.31. The molecule has 5 heteroatoms. The molecule has 0 bridgehead atoms. The van der Waals surface area contributed by atoms with Crippen molar-refractivity contribution in [2.75, 3.05) is 11.9 Å².